The fraction of sp³-hybridized carbons (Fsp3) is 0.857. The Morgan fingerprint density at radius 3 is 2.14 bits per heavy atom. The van der Waals surface area contributed by atoms with Gasteiger partial charge in [-0.15, -0.1) is 11.8 Å². The second-order valence-corrected chi connectivity index (χ2v) is 5.39. The molecule has 0 amide bonds. The minimum atomic E-state index is 0.887. The van der Waals surface area contributed by atoms with E-state index < -0.39 is 0 Å². The second kappa shape index (κ2) is 4.39. The van der Waals surface area contributed by atoms with E-state index in [1.165, 1.54) is 38.5 Å². The summed E-state index contributed by atoms with van der Waals surface area (Å²) >= 11 is 0. The summed E-state index contributed by atoms with van der Waals surface area (Å²) in [5.41, 5.74) is 0. The van der Waals surface area contributed by atoms with Gasteiger partial charge in [-0.05, 0) is 42.9 Å². The summed E-state index contributed by atoms with van der Waals surface area (Å²) in [6.45, 7) is 4.68. The van der Waals surface area contributed by atoms with E-state index >= 15 is 0 Å². The van der Waals surface area contributed by atoms with E-state index in [4.69, 9.17) is 0 Å². The van der Waals surface area contributed by atoms with Crippen molar-refractivity contribution < 1.29 is 0 Å². The molecule has 3 atom stereocenters. The Kier molecular flexibility index (Phi) is 3.16. The Morgan fingerprint density at radius 2 is 1.64 bits per heavy atom. The first-order valence-corrected chi connectivity index (χ1v) is 6.24. The molecule has 0 N–H and O–H groups in total. The van der Waals surface area contributed by atoms with Crippen LogP contribution in [0.3, 0.4) is 0 Å². The lowest BCUT2D eigenvalue weighted by Gasteiger charge is -2.02. The molecule has 14 heavy (non-hydrogen) atoms. The van der Waals surface area contributed by atoms with Crippen LogP contribution in [0.4, 0.5) is 0 Å². The van der Waals surface area contributed by atoms with Crippen molar-refractivity contribution in [2.75, 3.05) is 0 Å². The predicted octanol–water partition coefficient (Wildman–Crippen LogP) is 3.86. The van der Waals surface area contributed by atoms with Crippen molar-refractivity contribution in [1.82, 2.24) is 0 Å². The van der Waals surface area contributed by atoms with Gasteiger partial charge >= 0.3 is 0 Å². The van der Waals surface area contributed by atoms with Gasteiger partial charge in [0.15, 0.2) is 0 Å². The molecule has 1 saturated carbocycles. The largest absolute Gasteiger partial charge is 0.103 e. The molecule has 0 heteroatoms. The first-order chi connectivity index (χ1) is 6.79. The van der Waals surface area contributed by atoms with Crippen LogP contribution in [0.25, 0.3) is 0 Å². The van der Waals surface area contributed by atoms with Gasteiger partial charge in [-0.3, -0.25) is 0 Å². The third-order valence-electron chi connectivity index (χ3n) is 3.92. The van der Waals surface area contributed by atoms with Crippen LogP contribution < -0.4 is 0 Å². The fourth-order valence-corrected chi connectivity index (χ4v) is 2.99. The average molecular weight is 190 g/mol. The minimum Gasteiger partial charge on any atom is -0.103 e. The first-order valence-electron chi connectivity index (χ1n) is 6.24. The fourth-order valence-electron chi connectivity index (χ4n) is 2.99. The molecular formula is C14H22. The molecule has 0 heterocycles. The van der Waals surface area contributed by atoms with Gasteiger partial charge in [0, 0.05) is 12.8 Å². The van der Waals surface area contributed by atoms with Crippen LogP contribution in [-0.4, -0.2) is 0 Å². The zero-order chi connectivity index (χ0) is 9.97. The van der Waals surface area contributed by atoms with E-state index in [0.29, 0.717) is 0 Å². The van der Waals surface area contributed by atoms with Crippen LogP contribution >= 0.6 is 0 Å². The molecule has 1 unspecified atom stereocenters. The van der Waals surface area contributed by atoms with Crippen molar-refractivity contribution in [3.8, 4) is 11.8 Å². The van der Waals surface area contributed by atoms with E-state index in [1.807, 2.05) is 0 Å². The topological polar surface area (TPSA) is 0 Å². The highest BCUT2D eigenvalue weighted by molar-refractivity contribution is 5.07. The Bertz CT molecular complexity index is 222. The van der Waals surface area contributed by atoms with Gasteiger partial charge in [0.2, 0.25) is 0 Å². The summed E-state index contributed by atoms with van der Waals surface area (Å²) in [7, 11) is 0. The quantitative estimate of drug-likeness (QED) is 0.593. The van der Waals surface area contributed by atoms with Gasteiger partial charge in [-0.1, -0.05) is 20.3 Å². The summed E-state index contributed by atoms with van der Waals surface area (Å²) in [5.74, 6) is 10.6. The van der Waals surface area contributed by atoms with Gasteiger partial charge in [-0.2, -0.15) is 0 Å². The third-order valence-corrected chi connectivity index (χ3v) is 3.92. The van der Waals surface area contributed by atoms with Crippen molar-refractivity contribution in [2.24, 2.45) is 23.7 Å². The van der Waals surface area contributed by atoms with Crippen molar-refractivity contribution in [3.63, 3.8) is 0 Å². The lowest BCUT2D eigenvalue weighted by molar-refractivity contribution is 0.495. The molecule has 2 aliphatic rings. The Labute approximate surface area is 88.5 Å². The van der Waals surface area contributed by atoms with Gasteiger partial charge in [-0.25, -0.2) is 0 Å². The van der Waals surface area contributed by atoms with Gasteiger partial charge in [0.25, 0.3) is 0 Å². The average Bonchev–Trinajstić information content (AvgIpc) is 2.72. The minimum absolute atomic E-state index is 0.887. The SMILES string of the molecule is CC(C)CCC1[C@H]2CCC#CCC[C@@H]12. The van der Waals surface area contributed by atoms with Gasteiger partial charge < -0.3 is 0 Å². The number of hydrogen-bond donors (Lipinski definition) is 0. The lowest BCUT2D eigenvalue weighted by atomic mass is 10.0. The lowest BCUT2D eigenvalue weighted by Crippen LogP contribution is -1.90. The van der Waals surface area contributed by atoms with E-state index in [1.54, 1.807) is 0 Å². The molecule has 0 bridgehead atoms. The van der Waals surface area contributed by atoms with Crippen LogP contribution in [0.1, 0.15) is 52.4 Å². The maximum atomic E-state index is 3.28. The molecule has 1 fully saturated rings. The van der Waals surface area contributed by atoms with Crippen molar-refractivity contribution in [1.29, 1.82) is 0 Å². The Morgan fingerprint density at radius 1 is 1.07 bits per heavy atom. The summed E-state index contributed by atoms with van der Waals surface area (Å²) < 4.78 is 0. The van der Waals surface area contributed by atoms with Gasteiger partial charge in [0.1, 0.15) is 0 Å². The second-order valence-electron chi connectivity index (χ2n) is 5.39. The molecule has 78 valence electrons. The van der Waals surface area contributed by atoms with E-state index in [0.717, 1.165) is 23.7 Å². The number of hydrogen-bond acceptors (Lipinski definition) is 0. The highest BCUT2D eigenvalue weighted by atomic mass is 14.5. The van der Waals surface area contributed by atoms with Crippen LogP contribution in [0, 0.1) is 35.5 Å². The zero-order valence-electron chi connectivity index (χ0n) is 9.55. The van der Waals surface area contributed by atoms with Crippen molar-refractivity contribution in [3.05, 3.63) is 0 Å². The Balaban J connectivity index is 1.77. The standard InChI is InChI=1S/C14H22/c1-11(2)9-10-14-12-7-5-3-4-6-8-13(12)14/h11-14H,5-10H2,1-2H3/t12-,13+,14?. The van der Waals surface area contributed by atoms with E-state index in [-0.39, 0.29) is 0 Å². The van der Waals surface area contributed by atoms with Crippen LogP contribution in [-0.2, 0) is 0 Å². The maximum Gasteiger partial charge on any atom is 0.00915 e. The highest BCUT2D eigenvalue weighted by Crippen LogP contribution is 2.54. The summed E-state index contributed by atoms with van der Waals surface area (Å²) in [6.07, 6.45) is 8.02. The predicted molar refractivity (Wildman–Crippen MR) is 60.8 cm³/mol. The van der Waals surface area contributed by atoms with Crippen molar-refractivity contribution >= 4 is 0 Å². The monoisotopic (exact) mass is 190 g/mol. The Hall–Kier alpha value is -0.440. The first kappa shape index (κ1) is 10.1. The maximum absolute atomic E-state index is 3.28. The zero-order valence-corrected chi connectivity index (χ0v) is 9.55. The molecule has 0 spiro atoms. The molecule has 2 rings (SSSR count). The molecule has 0 saturated heterocycles. The third kappa shape index (κ3) is 2.32. The molecule has 0 nitrogen and oxygen atoms in total. The highest BCUT2D eigenvalue weighted by Gasteiger charge is 2.47. The molecule has 0 radical (unpaired) electrons. The number of fused-ring (bicyclic) bond motifs is 1. The summed E-state index contributed by atoms with van der Waals surface area (Å²) in [4.78, 5) is 0. The summed E-state index contributed by atoms with van der Waals surface area (Å²) in [5, 5.41) is 0. The van der Waals surface area contributed by atoms with E-state index in [2.05, 4.69) is 25.7 Å². The van der Waals surface area contributed by atoms with Crippen LogP contribution in [0.2, 0.25) is 0 Å². The molecule has 0 aliphatic heterocycles. The molecular weight excluding hydrogens is 168 g/mol. The number of rotatable bonds is 3. The van der Waals surface area contributed by atoms with Gasteiger partial charge in [0.05, 0.1) is 0 Å². The van der Waals surface area contributed by atoms with Crippen LogP contribution in [0.15, 0.2) is 0 Å². The molecule has 0 aromatic carbocycles. The smallest absolute Gasteiger partial charge is 0.00915 e. The molecule has 2 aliphatic carbocycles. The normalized spacial score (nSPS) is 35.2. The van der Waals surface area contributed by atoms with Crippen LogP contribution in [0.5, 0.6) is 0 Å². The van der Waals surface area contributed by atoms with E-state index in [9.17, 15) is 0 Å². The molecule has 0 aromatic rings. The summed E-state index contributed by atoms with van der Waals surface area (Å²) in [6, 6.07) is 0. The molecule has 0 aromatic heterocycles. The van der Waals surface area contributed by atoms with Crippen molar-refractivity contribution in [2.45, 2.75) is 52.4 Å².